The third-order valence-corrected chi connectivity index (χ3v) is 11.8. The maximum absolute atomic E-state index is 15.9. The molecule has 270 valence electrons. The largest absolute Gasteiger partial charge is 0.508 e. The molecule has 4 fully saturated rings. The van der Waals surface area contributed by atoms with Gasteiger partial charge in [-0.05, 0) is 79.6 Å². The zero-order valence-electron chi connectivity index (χ0n) is 29.5. The van der Waals surface area contributed by atoms with Crippen LogP contribution in [0.15, 0.2) is 54.1 Å². The van der Waals surface area contributed by atoms with E-state index >= 15 is 4.39 Å². The first kappa shape index (κ1) is 38.7. The first-order valence-corrected chi connectivity index (χ1v) is 17.9. The molecule has 1 N–H and O–H groups in total. The summed E-state index contributed by atoms with van der Waals surface area (Å²) in [6.07, 6.45) is 3.16. The van der Waals surface area contributed by atoms with Gasteiger partial charge < -0.3 is 19.3 Å². The van der Waals surface area contributed by atoms with Gasteiger partial charge >= 0.3 is 11.6 Å². The number of hydrogen-bond donors (Lipinski definition) is 1. The van der Waals surface area contributed by atoms with Crippen LogP contribution in [0.2, 0.25) is 0 Å². The van der Waals surface area contributed by atoms with E-state index in [4.69, 9.17) is 21.1 Å². The number of ether oxygens (including phenoxy) is 3. The number of alkyl halides is 1. The Kier molecular flexibility index (Phi) is 12.5. The molecule has 5 aliphatic rings. The summed E-state index contributed by atoms with van der Waals surface area (Å²) in [6, 6.07) is 10.1. The highest BCUT2D eigenvalue weighted by Gasteiger charge is 2.74. The van der Waals surface area contributed by atoms with Crippen LogP contribution in [-0.4, -0.2) is 78.3 Å². The van der Waals surface area contributed by atoms with Gasteiger partial charge in [-0.25, -0.2) is 14.0 Å². The van der Waals surface area contributed by atoms with E-state index in [1.165, 1.54) is 12.2 Å². The molecule has 0 bridgehead atoms. The Morgan fingerprint density at radius 2 is 1.71 bits per heavy atom. The van der Waals surface area contributed by atoms with Gasteiger partial charge in [0.2, 0.25) is 0 Å². The van der Waals surface area contributed by atoms with Gasteiger partial charge in [-0.15, -0.1) is 0 Å². The second kappa shape index (κ2) is 15.9. The summed E-state index contributed by atoms with van der Waals surface area (Å²) in [6.45, 7) is 13.4. The lowest BCUT2D eigenvalue weighted by atomic mass is 9.44. The van der Waals surface area contributed by atoms with E-state index in [0.29, 0.717) is 38.2 Å². The van der Waals surface area contributed by atoms with E-state index in [9.17, 15) is 24.3 Å². The van der Waals surface area contributed by atoms with Crippen molar-refractivity contribution >= 4 is 34.8 Å². The second-order valence-electron chi connectivity index (χ2n) is 13.9. The lowest BCUT2D eigenvalue weighted by Gasteiger charge is -2.60. The highest BCUT2D eigenvalue weighted by atomic mass is 35.5. The number of aliphatic hydroxyl groups excluding tert-OH is 1. The van der Waals surface area contributed by atoms with Crippen molar-refractivity contribution in [3.05, 3.63) is 59.7 Å². The van der Waals surface area contributed by atoms with Crippen molar-refractivity contribution in [1.82, 2.24) is 4.90 Å². The highest BCUT2D eigenvalue weighted by Crippen LogP contribution is 2.72. The molecule has 9 nitrogen and oxygen atoms in total. The van der Waals surface area contributed by atoms with Crippen molar-refractivity contribution in [2.75, 3.05) is 32.9 Å². The number of rotatable bonds is 7. The highest BCUT2D eigenvalue weighted by molar-refractivity contribution is 6.61. The summed E-state index contributed by atoms with van der Waals surface area (Å²) in [5.41, 5.74) is -1.34. The van der Waals surface area contributed by atoms with Gasteiger partial charge in [0.05, 0.1) is 24.7 Å². The van der Waals surface area contributed by atoms with Gasteiger partial charge in [-0.1, -0.05) is 64.1 Å². The fraction of sp³-hybridized carbons (Fsp3) is 0.632. The van der Waals surface area contributed by atoms with Crippen LogP contribution in [0.25, 0.3) is 0 Å². The second-order valence-corrected chi connectivity index (χ2v) is 14.2. The molecule has 0 amide bonds. The molecular formula is C38H51ClFNO8. The molecule has 1 aromatic carbocycles. The molecule has 6 rings (SSSR count). The minimum atomic E-state index is -1.28. The van der Waals surface area contributed by atoms with Gasteiger partial charge in [0.1, 0.15) is 6.17 Å². The maximum atomic E-state index is 15.9. The average molecular weight is 704 g/mol. The minimum Gasteiger partial charge on any atom is -0.454 e. The van der Waals surface area contributed by atoms with Crippen LogP contribution in [-0.2, 0) is 30.3 Å². The molecule has 1 aliphatic heterocycles. The molecule has 0 aromatic heterocycles. The molecule has 0 radical (unpaired) electrons. The lowest BCUT2D eigenvalue weighted by Crippen LogP contribution is -2.61. The smallest absolute Gasteiger partial charge is 0.454 e. The molecule has 9 atom stereocenters. The monoisotopic (exact) mass is 703 g/mol. The number of benzene rings is 1. The fourth-order valence-corrected chi connectivity index (χ4v) is 10.1. The van der Waals surface area contributed by atoms with Crippen molar-refractivity contribution in [2.45, 2.75) is 79.6 Å². The first-order chi connectivity index (χ1) is 23.3. The predicted molar refractivity (Wildman–Crippen MR) is 184 cm³/mol. The Hall–Kier alpha value is -3.08. The standard InChI is InChI=1S/C33H40FNO6.C3H5ClO2.C2H6/c1-4-40-30(39)41-18-28(38)33-19-35(16-20-8-6-5-7-9-20)17-21(33)12-24-23-14-26(34)25-13-22(36)10-11-31(25,2)29(23)27(37)15-32(24,33)3;1-2-6-3(4)5;1-2/h5-11,13,21,23-24,26-27,29,37H,4,12,14-19H2,1-3H3;2H2,1H3;1-2H3/t21-,23-,24?,26-,27-,29?,31-,32-,33+;;/m0../s1. The van der Waals surface area contributed by atoms with Crippen molar-refractivity contribution in [3.63, 3.8) is 0 Å². The van der Waals surface area contributed by atoms with Crippen LogP contribution < -0.4 is 0 Å². The van der Waals surface area contributed by atoms with E-state index in [-0.39, 0.29) is 54.9 Å². The summed E-state index contributed by atoms with van der Waals surface area (Å²) in [4.78, 5) is 50.4. The van der Waals surface area contributed by atoms with Crippen LogP contribution in [0.5, 0.6) is 0 Å². The molecule has 1 saturated heterocycles. The Labute approximate surface area is 294 Å². The zero-order chi connectivity index (χ0) is 36.1. The van der Waals surface area contributed by atoms with Gasteiger partial charge in [-0.2, -0.15) is 0 Å². The normalized spacial score (nSPS) is 35.4. The predicted octanol–water partition coefficient (Wildman–Crippen LogP) is 7.09. The van der Waals surface area contributed by atoms with Crippen LogP contribution in [0, 0.1) is 39.9 Å². The zero-order valence-corrected chi connectivity index (χ0v) is 30.2. The van der Waals surface area contributed by atoms with Crippen molar-refractivity contribution < 1.29 is 42.9 Å². The third-order valence-electron chi connectivity index (χ3n) is 11.7. The molecule has 1 aromatic rings. The maximum Gasteiger partial charge on any atom is 0.508 e. The van der Waals surface area contributed by atoms with Crippen LogP contribution >= 0.6 is 11.6 Å². The average Bonchev–Trinajstić information content (AvgIpc) is 3.54. The molecular weight excluding hydrogens is 653 g/mol. The van der Waals surface area contributed by atoms with E-state index in [1.807, 2.05) is 39.0 Å². The summed E-state index contributed by atoms with van der Waals surface area (Å²) in [5, 5.41) is 11.9. The number of likely N-dealkylation sites (tertiary alicyclic amines) is 1. The molecule has 11 heteroatoms. The molecule has 1 heterocycles. The number of ketones is 2. The number of aliphatic hydroxyl groups is 1. The summed E-state index contributed by atoms with van der Waals surface area (Å²) in [5.74, 6) is -0.767. The van der Waals surface area contributed by atoms with E-state index < -0.39 is 40.1 Å². The van der Waals surface area contributed by atoms with Crippen LogP contribution in [0.1, 0.15) is 66.4 Å². The van der Waals surface area contributed by atoms with Gasteiger partial charge in [-0.3, -0.25) is 14.5 Å². The number of hydrogen-bond acceptors (Lipinski definition) is 9. The quantitative estimate of drug-likeness (QED) is 0.234. The van der Waals surface area contributed by atoms with E-state index in [1.54, 1.807) is 19.9 Å². The Morgan fingerprint density at radius 1 is 1.04 bits per heavy atom. The molecule has 4 aliphatic carbocycles. The van der Waals surface area contributed by atoms with Gasteiger partial charge in [0.15, 0.2) is 18.2 Å². The van der Waals surface area contributed by atoms with Gasteiger partial charge in [0, 0.05) is 42.6 Å². The summed E-state index contributed by atoms with van der Waals surface area (Å²) >= 11 is 4.72. The van der Waals surface area contributed by atoms with Gasteiger partial charge in [0.25, 0.3) is 0 Å². The number of carbonyl (C=O) groups is 4. The summed E-state index contributed by atoms with van der Waals surface area (Å²) < 4.78 is 30.2. The number of carbonyl (C=O) groups excluding carboxylic acids is 4. The molecule has 2 unspecified atom stereocenters. The molecule has 49 heavy (non-hydrogen) atoms. The van der Waals surface area contributed by atoms with E-state index in [2.05, 4.69) is 28.7 Å². The first-order valence-electron chi connectivity index (χ1n) is 17.5. The fourth-order valence-electron chi connectivity index (χ4n) is 10.00. The van der Waals surface area contributed by atoms with Crippen molar-refractivity contribution in [2.24, 2.45) is 39.9 Å². The van der Waals surface area contributed by atoms with Crippen molar-refractivity contribution in [3.8, 4) is 0 Å². The summed E-state index contributed by atoms with van der Waals surface area (Å²) in [7, 11) is 0. The number of fused-ring (bicyclic) bond motifs is 7. The number of halogens is 2. The molecule has 0 spiro atoms. The SMILES string of the molecule is CC.CCOC(=O)Cl.CCOC(=O)OCC(=O)[C@@]12CN(Cc3ccccc3)C[C@@H]1CC1[C@@H]3C[C@H](F)C4=CC(=O)C=C[C@]4(C)C3[C@@H](O)C[C@@]12C. The number of allylic oxidation sites excluding steroid dienone is 4. The topological polar surface area (TPSA) is 119 Å². The minimum absolute atomic E-state index is 0.00831. The van der Waals surface area contributed by atoms with E-state index in [0.717, 1.165) is 12.0 Å². The Balaban J connectivity index is 0.000000612. The van der Waals surface area contributed by atoms with Crippen LogP contribution in [0.3, 0.4) is 0 Å². The van der Waals surface area contributed by atoms with Crippen LogP contribution in [0.4, 0.5) is 14.0 Å². The third kappa shape index (κ3) is 7.24. The van der Waals surface area contributed by atoms with Crippen molar-refractivity contribution in [1.29, 1.82) is 0 Å². The number of nitrogens with zero attached hydrogens (tertiary/aromatic N) is 1. The molecule has 3 saturated carbocycles. The Bertz CT molecular complexity index is 1440. The lowest BCUT2D eigenvalue weighted by molar-refractivity contribution is -0.162. The number of Topliss-reactive ketones (excluding diaryl/α,β-unsaturated/α-hetero) is 1. The Morgan fingerprint density at radius 3 is 2.33 bits per heavy atom.